The zero-order chi connectivity index (χ0) is 19.3. The fraction of sp³-hybridized carbons (Fsp3) is 0.722. The Morgan fingerprint density at radius 1 is 1.19 bits per heavy atom. The number of nitrogens with two attached hydrogens (primary N) is 1. The molecule has 2 aromatic heterocycles. The number of nitrogen functional groups attached to an aromatic ring is 1. The van der Waals surface area contributed by atoms with Crippen LogP contribution in [0.4, 0.5) is 5.82 Å². The van der Waals surface area contributed by atoms with Gasteiger partial charge in [0.15, 0.2) is 17.7 Å². The molecule has 2 aromatic rings. The molecule has 1 unspecified atom stereocenters. The second-order valence-electron chi connectivity index (χ2n) is 9.10. The molecule has 144 valence electrons. The third kappa shape index (κ3) is 3.82. The Bertz CT molecular complexity index is 777. The Hall–Kier alpha value is -1.77. The van der Waals surface area contributed by atoms with Crippen molar-refractivity contribution < 1.29 is 14.6 Å². The van der Waals surface area contributed by atoms with Crippen molar-refractivity contribution in [2.75, 3.05) is 5.73 Å². The Balaban J connectivity index is 1.96. The van der Waals surface area contributed by atoms with Crippen molar-refractivity contribution in [2.24, 2.45) is 5.41 Å². The second-order valence-corrected chi connectivity index (χ2v) is 9.10. The average molecular weight is 363 g/mol. The van der Waals surface area contributed by atoms with E-state index >= 15 is 0 Å². The molecule has 1 aliphatic rings. The number of hydrogen-bond donors (Lipinski definition) is 2. The number of aromatic nitrogens is 4. The molecule has 4 atom stereocenters. The van der Waals surface area contributed by atoms with E-state index in [0.717, 1.165) is 6.42 Å². The molecule has 0 spiro atoms. The quantitative estimate of drug-likeness (QED) is 0.861. The van der Waals surface area contributed by atoms with Gasteiger partial charge in [-0.05, 0) is 32.6 Å². The van der Waals surface area contributed by atoms with Crippen LogP contribution in [0.3, 0.4) is 0 Å². The minimum atomic E-state index is -0.852. The predicted molar refractivity (Wildman–Crippen MR) is 98.4 cm³/mol. The molecule has 0 radical (unpaired) electrons. The molecule has 0 bridgehead atoms. The van der Waals surface area contributed by atoms with Crippen LogP contribution >= 0.6 is 0 Å². The van der Waals surface area contributed by atoms with Gasteiger partial charge in [0, 0.05) is 0 Å². The van der Waals surface area contributed by atoms with Gasteiger partial charge in [-0.3, -0.25) is 4.57 Å². The van der Waals surface area contributed by atoms with Gasteiger partial charge < -0.3 is 20.3 Å². The fourth-order valence-electron chi connectivity index (χ4n) is 3.33. The number of aliphatic hydroxyl groups excluding tert-OH is 1. The smallest absolute Gasteiger partial charge is 0.167 e. The van der Waals surface area contributed by atoms with Crippen LogP contribution in [-0.2, 0) is 9.47 Å². The van der Waals surface area contributed by atoms with Gasteiger partial charge in [0.25, 0.3) is 0 Å². The summed E-state index contributed by atoms with van der Waals surface area (Å²) in [6.07, 6.45) is 1.53. The van der Waals surface area contributed by atoms with Crippen molar-refractivity contribution in [2.45, 2.75) is 78.1 Å². The lowest BCUT2D eigenvalue weighted by molar-refractivity contribution is -0.117. The fourth-order valence-corrected chi connectivity index (χ4v) is 3.33. The topological polar surface area (TPSA) is 108 Å². The highest BCUT2D eigenvalue weighted by Crippen LogP contribution is 2.39. The van der Waals surface area contributed by atoms with Gasteiger partial charge in [0.05, 0.1) is 18.0 Å². The molecule has 0 amide bonds. The van der Waals surface area contributed by atoms with Gasteiger partial charge in [0.1, 0.15) is 24.1 Å². The molecule has 0 aliphatic carbocycles. The minimum absolute atomic E-state index is 0.0301. The summed E-state index contributed by atoms with van der Waals surface area (Å²) in [4.78, 5) is 12.5. The predicted octanol–water partition coefficient (Wildman–Crippen LogP) is 2.29. The maximum absolute atomic E-state index is 11.0. The monoisotopic (exact) mass is 363 g/mol. The van der Waals surface area contributed by atoms with Crippen molar-refractivity contribution in [1.29, 1.82) is 0 Å². The van der Waals surface area contributed by atoms with Crippen molar-refractivity contribution in [1.82, 2.24) is 19.5 Å². The molecule has 8 heteroatoms. The zero-order valence-corrected chi connectivity index (χ0v) is 16.3. The summed E-state index contributed by atoms with van der Waals surface area (Å²) < 4.78 is 14.1. The number of imidazole rings is 1. The first-order valence-electron chi connectivity index (χ1n) is 8.91. The summed E-state index contributed by atoms with van der Waals surface area (Å²) in [7, 11) is 0. The molecule has 3 N–H and O–H groups in total. The zero-order valence-electron chi connectivity index (χ0n) is 16.3. The van der Waals surface area contributed by atoms with E-state index in [2.05, 4.69) is 35.7 Å². The molecule has 1 fully saturated rings. The first-order valence-corrected chi connectivity index (χ1v) is 8.91. The van der Waals surface area contributed by atoms with Crippen LogP contribution in [0.25, 0.3) is 11.2 Å². The first-order chi connectivity index (χ1) is 12.0. The number of anilines is 1. The van der Waals surface area contributed by atoms with Gasteiger partial charge in [-0.2, -0.15) is 0 Å². The number of ether oxygens (including phenoxy) is 2. The maximum Gasteiger partial charge on any atom is 0.167 e. The van der Waals surface area contributed by atoms with E-state index < -0.39 is 24.0 Å². The molecule has 1 saturated heterocycles. The molecule has 0 aromatic carbocycles. The van der Waals surface area contributed by atoms with Crippen LogP contribution < -0.4 is 5.73 Å². The van der Waals surface area contributed by atoms with Gasteiger partial charge in [-0.15, -0.1) is 0 Å². The highest BCUT2D eigenvalue weighted by molar-refractivity contribution is 5.81. The van der Waals surface area contributed by atoms with E-state index in [1.165, 1.54) is 6.33 Å². The SMILES string of the molecule is CC(C)(C)C[C@H]1O[C@@H](n2cnc3c(N)ncnc32)[C@@H](O)C1OC(C)(C)C. The van der Waals surface area contributed by atoms with E-state index in [9.17, 15) is 5.11 Å². The largest absolute Gasteiger partial charge is 0.386 e. The van der Waals surface area contributed by atoms with Crippen LogP contribution in [0.1, 0.15) is 54.2 Å². The molecule has 3 heterocycles. The summed E-state index contributed by atoms with van der Waals surface area (Å²) in [6.45, 7) is 12.4. The number of rotatable bonds is 3. The molecular weight excluding hydrogens is 334 g/mol. The summed E-state index contributed by atoms with van der Waals surface area (Å²) in [5, 5.41) is 11.0. The Morgan fingerprint density at radius 2 is 1.88 bits per heavy atom. The Morgan fingerprint density at radius 3 is 2.50 bits per heavy atom. The summed E-state index contributed by atoms with van der Waals surface area (Å²) >= 11 is 0. The first kappa shape index (κ1) is 19.0. The summed E-state index contributed by atoms with van der Waals surface area (Å²) in [5.41, 5.74) is 6.53. The molecule has 3 rings (SSSR count). The van der Waals surface area contributed by atoms with Gasteiger partial charge >= 0.3 is 0 Å². The lowest BCUT2D eigenvalue weighted by Crippen LogP contribution is -2.41. The second kappa shape index (κ2) is 6.44. The van der Waals surface area contributed by atoms with E-state index in [-0.39, 0.29) is 11.5 Å². The van der Waals surface area contributed by atoms with E-state index in [0.29, 0.717) is 17.0 Å². The lowest BCUT2D eigenvalue weighted by atomic mass is 9.87. The van der Waals surface area contributed by atoms with Crippen LogP contribution in [0.2, 0.25) is 0 Å². The number of fused-ring (bicyclic) bond motifs is 1. The van der Waals surface area contributed by atoms with E-state index in [1.807, 2.05) is 20.8 Å². The van der Waals surface area contributed by atoms with Gasteiger partial charge in [-0.1, -0.05) is 20.8 Å². The van der Waals surface area contributed by atoms with Crippen molar-refractivity contribution in [3.05, 3.63) is 12.7 Å². The van der Waals surface area contributed by atoms with Gasteiger partial charge in [0.2, 0.25) is 0 Å². The third-order valence-corrected chi connectivity index (χ3v) is 4.27. The normalized spacial score (nSPS) is 27.3. The molecular formula is C18H29N5O3. The lowest BCUT2D eigenvalue weighted by Gasteiger charge is -2.32. The standard InChI is InChI=1S/C18H29N5O3/c1-17(2,3)7-10-13(26-18(4,5)6)12(24)16(25-10)23-9-22-11-14(19)20-8-21-15(11)23/h8-10,12-13,16,24H,7H2,1-6H3,(H2,19,20,21)/t10-,12+,13?,16-/m1/s1. The molecule has 8 nitrogen and oxygen atoms in total. The average Bonchev–Trinajstić information content (AvgIpc) is 3.02. The molecule has 1 aliphatic heterocycles. The van der Waals surface area contributed by atoms with Crippen molar-refractivity contribution in [3.8, 4) is 0 Å². The summed E-state index contributed by atoms with van der Waals surface area (Å²) in [5.74, 6) is 0.301. The Kier molecular flexibility index (Phi) is 4.71. The molecule has 26 heavy (non-hydrogen) atoms. The van der Waals surface area contributed by atoms with Crippen molar-refractivity contribution in [3.63, 3.8) is 0 Å². The van der Waals surface area contributed by atoms with Gasteiger partial charge in [-0.25, -0.2) is 15.0 Å². The summed E-state index contributed by atoms with van der Waals surface area (Å²) in [6, 6.07) is 0. The van der Waals surface area contributed by atoms with Crippen LogP contribution in [0.15, 0.2) is 12.7 Å². The highest BCUT2D eigenvalue weighted by Gasteiger charge is 2.48. The molecule has 0 saturated carbocycles. The maximum atomic E-state index is 11.0. The Labute approximate surface area is 153 Å². The highest BCUT2D eigenvalue weighted by atomic mass is 16.6. The number of nitrogens with zero attached hydrogens (tertiary/aromatic N) is 4. The van der Waals surface area contributed by atoms with E-state index in [1.54, 1.807) is 10.9 Å². The minimum Gasteiger partial charge on any atom is -0.386 e. The van der Waals surface area contributed by atoms with Crippen LogP contribution in [-0.4, -0.2) is 48.5 Å². The van der Waals surface area contributed by atoms with E-state index in [4.69, 9.17) is 15.2 Å². The number of aliphatic hydroxyl groups is 1. The third-order valence-electron chi connectivity index (χ3n) is 4.27. The van der Waals surface area contributed by atoms with Crippen molar-refractivity contribution >= 4 is 17.0 Å². The van der Waals surface area contributed by atoms with Crippen LogP contribution in [0, 0.1) is 5.41 Å². The number of hydrogen-bond acceptors (Lipinski definition) is 7. The van der Waals surface area contributed by atoms with Crippen LogP contribution in [0.5, 0.6) is 0 Å².